The van der Waals surface area contributed by atoms with Gasteiger partial charge in [0.05, 0.1) is 7.11 Å². The Hall–Kier alpha value is -2.52. The first-order chi connectivity index (χ1) is 12.8. The summed E-state index contributed by atoms with van der Waals surface area (Å²) < 4.78 is 58.8. The third-order valence-electron chi connectivity index (χ3n) is 4.33. The molecule has 0 spiro atoms. The number of anilines is 1. The summed E-state index contributed by atoms with van der Waals surface area (Å²) in [5, 5.41) is 0. The highest BCUT2D eigenvalue weighted by molar-refractivity contribution is 7.89. The van der Waals surface area contributed by atoms with Crippen molar-refractivity contribution in [2.45, 2.75) is 11.3 Å². The van der Waals surface area contributed by atoms with E-state index >= 15 is 0 Å². The second kappa shape index (κ2) is 7.61. The molecule has 1 atom stereocenters. The Morgan fingerprint density at radius 2 is 1.89 bits per heavy atom. The Morgan fingerprint density at radius 3 is 2.56 bits per heavy atom. The van der Waals surface area contributed by atoms with Crippen molar-refractivity contribution in [1.82, 2.24) is 4.72 Å². The van der Waals surface area contributed by atoms with Gasteiger partial charge in [-0.25, -0.2) is 21.9 Å². The molecule has 27 heavy (non-hydrogen) atoms. The summed E-state index contributed by atoms with van der Waals surface area (Å²) >= 11 is 0. The number of halogens is 2. The van der Waals surface area contributed by atoms with E-state index in [2.05, 4.69) is 4.72 Å². The van der Waals surface area contributed by atoms with Gasteiger partial charge in [-0.2, -0.15) is 0 Å². The number of rotatable bonds is 6. The number of methoxy groups -OCH3 is 1. The van der Waals surface area contributed by atoms with Crippen molar-refractivity contribution in [2.75, 3.05) is 25.1 Å². The number of nitrogens with one attached hydrogen (secondary N) is 1. The molecule has 0 bridgehead atoms. The van der Waals surface area contributed by atoms with E-state index in [0.717, 1.165) is 12.1 Å². The van der Waals surface area contributed by atoms with Gasteiger partial charge in [0.25, 0.3) is 0 Å². The van der Waals surface area contributed by atoms with E-state index in [1.807, 2.05) is 0 Å². The first-order valence-corrected chi connectivity index (χ1v) is 9.67. The van der Waals surface area contributed by atoms with E-state index in [1.54, 1.807) is 36.3 Å². The van der Waals surface area contributed by atoms with Crippen molar-refractivity contribution >= 4 is 21.6 Å². The van der Waals surface area contributed by atoms with Crippen LogP contribution in [0.5, 0.6) is 5.75 Å². The number of ether oxygens (including phenoxy) is 1. The molecule has 2 aromatic carbocycles. The Bertz CT molecular complexity index is 948. The lowest BCUT2D eigenvalue weighted by Crippen LogP contribution is -2.31. The van der Waals surface area contributed by atoms with Gasteiger partial charge < -0.3 is 9.64 Å². The van der Waals surface area contributed by atoms with Crippen LogP contribution in [-0.4, -0.2) is 34.5 Å². The molecule has 0 unspecified atom stereocenters. The minimum atomic E-state index is -4.22. The lowest BCUT2D eigenvalue weighted by Gasteiger charge is -2.17. The van der Waals surface area contributed by atoms with E-state index in [4.69, 9.17) is 4.74 Å². The predicted octanol–water partition coefficient (Wildman–Crippen LogP) is 2.30. The first-order valence-electron chi connectivity index (χ1n) is 8.19. The molecule has 1 aliphatic rings. The van der Waals surface area contributed by atoms with E-state index < -0.39 is 26.6 Å². The number of hydrogen-bond acceptors (Lipinski definition) is 4. The maximum atomic E-state index is 13.7. The van der Waals surface area contributed by atoms with Crippen LogP contribution in [0, 0.1) is 17.6 Å². The van der Waals surface area contributed by atoms with Crippen LogP contribution in [0.25, 0.3) is 0 Å². The van der Waals surface area contributed by atoms with Crippen molar-refractivity contribution in [1.29, 1.82) is 0 Å². The Kier molecular flexibility index (Phi) is 5.43. The number of nitrogens with zero attached hydrogens (tertiary/aromatic N) is 1. The fourth-order valence-corrected chi connectivity index (χ4v) is 4.12. The Balaban J connectivity index is 1.66. The molecular weight excluding hydrogens is 378 g/mol. The number of amides is 1. The third kappa shape index (κ3) is 4.25. The lowest BCUT2D eigenvalue weighted by molar-refractivity contribution is -0.117. The van der Waals surface area contributed by atoms with Gasteiger partial charge in [0.1, 0.15) is 22.3 Å². The van der Waals surface area contributed by atoms with Crippen LogP contribution in [0.3, 0.4) is 0 Å². The smallest absolute Gasteiger partial charge is 0.243 e. The predicted molar refractivity (Wildman–Crippen MR) is 95.0 cm³/mol. The van der Waals surface area contributed by atoms with Crippen LogP contribution in [0.15, 0.2) is 47.4 Å². The second-order valence-electron chi connectivity index (χ2n) is 6.20. The fourth-order valence-electron chi connectivity index (χ4n) is 2.92. The Morgan fingerprint density at radius 1 is 1.19 bits per heavy atom. The number of hydrogen-bond donors (Lipinski definition) is 1. The molecule has 6 nitrogen and oxygen atoms in total. The molecule has 0 saturated carbocycles. The van der Waals surface area contributed by atoms with Crippen LogP contribution in [0.4, 0.5) is 14.5 Å². The molecule has 0 aliphatic carbocycles. The van der Waals surface area contributed by atoms with Crippen LogP contribution >= 0.6 is 0 Å². The molecule has 3 rings (SSSR count). The normalized spacial score (nSPS) is 17.4. The number of sulfonamides is 1. The quantitative estimate of drug-likeness (QED) is 0.813. The summed E-state index contributed by atoms with van der Waals surface area (Å²) in [7, 11) is -2.68. The highest BCUT2D eigenvalue weighted by Gasteiger charge is 2.32. The summed E-state index contributed by atoms with van der Waals surface area (Å²) in [6.07, 6.45) is 0.153. The summed E-state index contributed by atoms with van der Waals surface area (Å²) in [5.41, 5.74) is 0.683. The standard InChI is InChI=1S/C18H18F2N2O4S/c1-26-15-5-3-14(4-6-15)22-11-12(8-18(22)23)10-21-27(24,25)17-9-13(19)2-7-16(17)20/h2-7,9,12,21H,8,10-11H2,1H3/t12-/m0/s1. The second-order valence-corrected chi connectivity index (χ2v) is 7.93. The molecule has 0 radical (unpaired) electrons. The van der Waals surface area contributed by atoms with Gasteiger partial charge in [-0.15, -0.1) is 0 Å². The van der Waals surface area contributed by atoms with E-state index in [1.165, 1.54) is 0 Å². The number of benzene rings is 2. The van der Waals surface area contributed by atoms with Crippen LogP contribution in [0.2, 0.25) is 0 Å². The summed E-state index contributed by atoms with van der Waals surface area (Å²) in [5.74, 6) is -1.65. The molecule has 1 heterocycles. The molecule has 1 amide bonds. The van der Waals surface area contributed by atoms with E-state index in [0.29, 0.717) is 24.0 Å². The summed E-state index contributed by atoms with van der Waals surface area (Å²) in [6.45, 7) is 0.260. The van der Waals surface area contributed by atoms with Gasteiger partial charge >= 0.3 is 0 Å². The monoisotopic (exact) mass is 396 g/mol. The van der Waals surface area contributed by atoms with Gasteiger partial charge in [-0.1, -0.05) is 0 Å². The number of carbonyl (C=O) groups is 1. The van der Waals surface area contributed by atoms with Gasteiger partial charge in [0, 0.05) is 25.2 Å². The molecule has 2 aromatic rings. The van der Waals surface area contributed by atoms with Crippen LogP contribution < -0.4 is 14.4 Å². The molecule has 1 N–H and O–H groups in total. The van der Waals surface area contributed by atoms with Gasteiger partial charge in [-0.3, -0.25) is 4.79 Å². The molecule has 1 aliphatic heterocycles. The van der Waals surface area contributed by atoms with E-state index in [9.17, 15) is 22.0 Å². The van der Waals surface area contributed by atoms with Crippen molar-refractivity contribution in [2.24, 2.45) is 5.92 Å². The van der Waals surface area contributed by atoms with Gasteiger partial charge in [0.2, 0.25) is 15.9 Å². The largest absolute Gasteiger partial charge is 0.497 e. The number of carbonyl (C=O) groups excluding carboxylic acids is 1. The fraction of sp³-hybridized carbons (Fsp3) is 0.278. The SMILES string of the molecule is COc1ccc(N2C[C@H](CNS(=O)(=O)c3cc(F)ccc3F)CC2=O)cc1. The topological polar surface area (TPSA) is 75.7 Å². The highest BCUT2D eigenvalue weighted by Crippen LogP contribution is 2.27. The van der Waals surface area contributed by atoms with Crippen LogP contribution in [0.1, 0.15) is 6.42 Å². The molecular formula is C18H18F2N2O4S. The zero-order valence-corrected chi connectivity index (χ0v) is 15.3. The Labute approximate surface area is 155 Å². The van der Waals surface area contributed by atoms with Gasteiger partial charge in [0.15, 0.2) is 0 Å². The van der Waals surface area contributed by atoms with Crippen molar-refractivity contribution in [3.05, 3.63) is 54.1 Å². The summed E-state index contributed by atoms with van der Waals surface area (Å²) in [6, 6.07) is 9.17. The zero-order chi connectivity index (χ0) is 19.6. The lowest BCUT2D eigenvalue weighted by atomic mass is 10.1. The molecule has 1 fully saturated rings. The first kappa shape index (κ1) is 19.2. The maximum Gasteiger partial charge on any atom is 0.243 e. The molecule has 0 aromatic heterocycles. The van der Waals surface area contributed by atoms with Crippen molar-refractivity contribution < 1.29 is 26.7 Å². The average Bonchev–Trinajstić information content (AvgIpc) is 3.03. The average molecular weight is 396 g/mol. The van der Waals surface area contributed by atoms with Crippen LogP contribution in [-0.2, 0) is 14.8 Å². The minimum absolute atomic E-state index is 0.0588. The minimum Gasteiger partial charge on any atom is -0.497 e. The maximum absolute atomic E-state index is 13.7. The van der Waals surface area contributed by atoms with Crippen molar-refractivity contribution in [3.8, 4) is 5.75 Å². The molecule has 1 saturated heterocycles. The summed E-state index contributed by atoms with van der Waals surface area (Å²) in [4.78, 5) is 13.0. The molecule has 9 heteroatoms. The molecule has 144 valence electrons. The van der Waals surface area contributed by atoms with Gasteiger partial charge in [-0.05, 0) is 48.4 Å². The van der Waals surface area contributed by atoms with E-state index in [-0.39, 0.29) is 24.8 Å². The third-order valence-corrected chi connectivity index (χ3v) is 5.77. The van der Waals surface area contributed by atoms with Crippen molar-refractivity contribution in [3.63, 3.8) is 0 Å². The highest BCUT2D eigenvalue weighted by atomic mass is 32.2. The zero-order valence-electron chi connectivity index (χ0n) is 14.5.